The molecule has 0 saturated carbocycles. The molecule has 206 valence electrons. The number of halogens is 3. The maximum Gasteiger partial charge on any atom is 0.416 e. The average molecular weight is 578 g/mol. The number of anilines is 3. The largest absolute Gasteiger partial charge is 0.416 e. The number of carbonyl (C=O) groups is 3. The summed E-state index contributed by atoms with van der Waals surface area (Å²) in [6, 6.07) is 12.0. The van der Waals surface area contributed by atoms with E-state index < -0.39 is 11.7 Å². The molecule has 1 aliphatic heterocycles. The molecule has 3 amide bonds. The monoisotopic (exact) mass is 577 g/mol. The minimum atomic E-state index is -4.40. The molecule has 3 aromatic rings. The molecule has 39 heavy (non-hydrogen) atoms. The Morgan fingerprint density at radius 3 is 2.31 bits per heavy atom. The minimum Gasteiger partial charge on any atom is -0.368 e. The number of nitrogens with zero attached hydrogens (tertiary/aromatic N) is 3. The van der Waals surface area contributed by atoms with Gasteiger partial charge in [-0.3, -0.25) is 14.4 Å². The highest BCUT2D eigenvalue weighted by Crippen LogP contribution is 2.32. The lowest BCUT2D eigenvalue weighted by molar-refractivity contribution is -0.137. The zero-order chi connectivity index (χ0) is 28.0. The summed E-state index contributed by atoms with van der Waals surface area (Å²) in [6.45, 7) is 3.12. The van der Waals surface area contributed by atoms with Gasteiger partial charge >= 0.3 is 6.18 Å². The maximum absolute atomic E-state index is 13.0. The normalized spacial score (nSPS) is 13.7. The van der Waals surface area contributed by atoms with Crippen LogP contribution in [0.3, 0.4) is 0 Å². The second-order valence-electron chi connectivity index (χ2n) is 8.79. The highest BCUT2D eigenvalue weighted by Gasteiger charge is 2.31. The van der Waals surface area contributed by atoms with Crippen molar-refractivity contribution in [2.75, 3.05) is 47.5 Å². The van der Waals surface area contributed by atoms with Crippen molar-refractivity contribution in [2.24, 2.45) is 0 Å². The van der Waals surface area contributed by atoms with Crippen LogP contribution in [0.15, 0.2) is 58.3 Å². The number of aromatic nitrogens is 1. The highest BCUT2D eigenvalue weighted by molar-refractivity contribution is 8.01. The molecule has 0 bridgehead atoms. The number of thioether (sulfide) groups is 1. The Labute approximate surface area is 231 Å². The molecule has 1 fully saturated rings. The summed E-state index contributed by atoms with van der Waals surface area (Å²) in [6.07, 6.45) is -4.28. The first-order valence-corrected chi connectivity index (χ1v) is 13.9. The molecule has 2 N–H and O–H groups in total. The molecule has 1 aliphatic rings. The molecule has 0 spiro atoms. The fourth-order valence-electron chi connectivity index (χ4n) is 3.96. The number of benzene rings is 2. The minimum absolute atomic E-state index is 0.0963. The van der Waals surface area contributed by atoms with E-state index in [1.807, 2.05) is 4.90 Å². The van der Waals surface area contributed by atoms with Gasteiger partial charge < -0.3 is 20.4 Å². The van der Waals surface area contributed by atoms with Crippen LogP contribution < -0.4 is 15.5 Å². The van der Waals surface area contributed by atoms with Gasteiger partial charge in [0.2, 0.25) is 17.7 Å². The topological polar surface area (TPSA) is 94.6 Å². The standard InChI is InChI=1S/C26H26F3N5O3S2/c1-17(35)30-19-5-7-20(8-6-19)31-23(36)16-39-25-32-21(15-38-25)14-24(37)34-11-9-33(10-12-34)22-4-2-3-18(13-22)26(27,28)29/h2-8,13,15H,9-12,14,16H2,1H3,(H,30,35)(H,31,36). The molecule has 0 atom stereocenters. The van der Waals surface area contributed by atoms with E-state index in [1.54, 1.807) is 40.6 Å². The first-order valence-electron chi connectivity index (χ1n) is 12.0. The van der Waals surface area contributed by atoms with Crippen LogP contribution in [0.5, 0.6) is 0 Å². The van der Waals surface area contributed by atoms with Gasteiger partial charge in [0, 0.05) is 55.5 Å². The quantitative estimate of drug-likeness (QED) is 0.376. The Morgan fingerprint density at radius 1 is 1.00 bits per heavy atom. The van der Waals surface area contributed by atoms with Crippen LogP contribution >= 0.6 is 23.1 Å². The van der Waals surface area contributed by atoms with E-state index in [0.29, 0.717) is 53.3 Å². The Kier molecular flexibility index (Phi) is 9.12. The van der Waals surface area contributed by atoms with Crippen LogP contribution in [0.4, 0.5) is 30.2 Å². The molecule has 8 nitrogen and oxygen atoms in total. The van der Waals surface area contributed by atoms with Crippen LogP contribution in [0.2, 0.25) is 0 Å². The Morgan fingerprint density at radius 2 is 1.67 bits per heavy atom. The predicted molar refractivity (Wildman–Crippen MR) is 146 cm³/mol. The third-order valence-corrected chi connectivity index (χ3v) is 7.92. The average Bonchev–Trinajstić information content (AvgIpc) is 3.35. The second-order valence-corrected chi connectivity index (χ2v) is 10.9. The lowest BCUT2D eigenvalue weighted by Crippen LogP contribution is -2.49. The maximum atomic E-state index is 13.0. The summed E-state index contributed by atoms with van der Waals surface area (Å²) < 4.78 is 39.7. The first-order chi connectivity index (χ1) is 18.6. The fourth-order valence-corrected chi connectivity index (χ4v) is 5.60. The van der Waals surface area contributed by atoms with Crippen LogP contribution in [0.25, 0.3) is 0 Å². The summed E-state index contributed by atoms with van der Waals surface area (Å²) in [5.74, 6) is -0.338. The van der Waals surface area contributed by atoms with Crippen LogP contribution in [0, 0.1) is 0 Å². The van der Waals surface area contributed by atoms with Gasteiger partial charge in [-0.25, -0.2) is 4.98 Å². The zero-order valence-electron chi connectivity index (χ0n) is 21.0. The van der Waals surface area contributed by atoms with Gasteiger partial charge in [-0.05, 0) is 42.5 Å². The van der Waals surface area contributed by atoms with Crippen molar-refractivity contribution in [3.63, 3.8) is 0 Å². The number of hydrogen-bond donors (Lipinski definition) is 2. The molecular formula is C26H26F3N5O3S2. The third-order valence-electron chi connectivity index (χ3n) is 5.85. The summed E-state index contributed by atoms with van der Waals surface area (Å²) in [7, 11) is 0. The second kappa shape index (κ2) is 12.5. The van der Waals surface area contributed by atoms with Crippen molar-refractivity contribution in [2.45, 2.75) is 23.9 Å². The molecule has 0 radical (unpaired) electrons. The third kappa shape index (κ3) is 8.20. The van der Waals surface area contributed by atoms with E-state index >= 15 is 0 Å². The Bertz CT molecular complexity index is 1320. The molecule has 0 unspecified atom stereocenters. The van der Waals surface area contributed by atoms with Crippen LogP contribution in [-0.2, 0) is 27.0 Å². The SMILES string of the molecule is CC(=O)Nc1ccc(NC(=O)CSc2nc(CC(=O)N3CCN(c4cccc(C(F)(F)F)c4)CC3)cs2)cc1. The van der Waals surface area contributed by atoms with Crippen molar-refractivity contribution in [1.29, 1.82) is 0 Å². The van der Waals surface area contributed by atoms with Crippen LogP contribution in [0.1, 0.15) is 18.2 Å². The Balaban J connectivity index is 1.21. The number of amides is 3. The van der Waals surface area contributed by atoms with Gasteiger partial charge in [0.05, 0.1) is 23.4 Å². The van der Waals surface area contributed by atoms with Gasteiger partial charge in [-0.2, -0.15) is 13.2 Å². The van der Waals surface area contributed by atoms with E-state index in [-0.39, 0.29) is 29.9 Å². The molecule has 13 heteroatoms. The van der Waals surface area contributed by atoms with E-state index in [9.17, 15) is 27.6 Å². The van der Waals surface area contributed by atoms with Crippen molar-refractivity contribution in [3.8, 4) is 0 Å². The van der Waals surface area contributed by atoms with Crippen molar-refractivity contribution in [3.05, 3.63) is 65.2 Å². The molecule has 1 saturated heterocycles. The van der Waals surface area contributed by atoms with Crippen molar-refractivity contribution < 1.29 is 27.6 Å². The molecule has 0 aliphatic carbocycles. The smallest absolute Gasteiger partial charge is 0.368 e. The number of nitrogens with one attached hydrogen (secondary N) is 2. The number of thiazole rings is 1. The molecular weight excluding hydrogens is 551 g/mol. The molecule has 1 aromatic heterocycles. The zero-order valence-corrected chi connectivity index (χ0v) is 22.6. The molecule has 4 rings (SSSR count). The number of alkyl halides is 3. The first kappa shape index (κ1) is 28.4. The van der Waals surface area contributed by atoms with Gasteiger partial charge in [-0.15, -0.1) is 11.3 Å². The number of hydrogen-bond acceptors (Lipinski definition) is 7. The van der Waals surface area contributed by atoms with E-state index in [2.05, 4.69) is 15.6 Å². The van der Waals surface area contributed by atoms with Gasteiger partial charge in [0.15, 0.2) is 4.34 Å². The van der Waals surface area contributed by atoms with E-state index in [1.165, 1.54) is 36.1 Å². The van der Waals surface area contributed by atoms with Gasteiger partial charge in [0.25, 0.3) is 0 Å². The number of rotatable bonds is 8. The van der Waals surface area contributed by atoms with E-state index in [0.717, 1.165) is 12.1 Å². The summed E-state index contributed by atoms with van der Waals surface area (Å²) in [5, 5.41) is 7.23. The molecule has 2 heterocycles. The number of carbonyl (C=O) groups excluding carboxylic acids is 3. The van der Waals surface area contributed by atoms with Gasteiger partial charge in [0.1, 0.15) is 0 Å². The summed E-state index contributed by atoms with van der Waals surface area (Å²) in [5.41, 5.74) is 1.65. The highest BCUT2D eigenvalue weighted by atomic mass is 32.2. The summed E-state index contributed by atoms with van der Waals surface area (Å²) in [4.78, 5) is 44.2. The molecule has 2 aromatic carbocycles. The predicted octanol–water partition coefficient (Wildman–Crippen LogP) is 4.74. The van der Waals surface area contributed by atoms with Crippen LogP contribution in [-0.4, -0.2) is 59.5 Å². The fraction of sp³-hybridized carbons (Fsp3) is 0.308. The van der Waals surface area contributed by atoms with Gasteiger partial charge in [-0.1, -0.05) is 17.8 Å². The van der Waals surface area contributed by atoms with Crippen molar-refractivity contribution in [1.82, 2.24) is 9.88 Å². The van der Waals surface area contributed by atoms with Crippen molar-refractivity contribution >= 4 is 57.9 Å². The lowest BCUT2D eigenvalue weighted by atomic mass is 10.1. The lowest BCUT2D eigenvalue weighted by Gasteiger charge is -2.36. The summed E-state index contributed by atoms with van der Waals surface area (Å²) >= 11 is 2.63. The van der Waals surface area contributed by atoms with E-state index in [4.69, 9.17) is 0 Å². The Hall–Kier alpha value is -3.58. The number of piperazine rings is 1.